The van der Waals surface area contributed by atoms with Crippen molar-refractivity contribution < 1.29 is 14.1 Å². The monoisotopic (exact) mass is 291 g/mol. The summed E-state index contributed by atoms with van der Waals surface area (Å²) in [7, 11) is 1.59. The fourth-order valence-electron chi connectivity index (χ4n) is 1.90. The molecule has 110 valence electrons. The Kier molecular flexibility index (Phi) is 3.64. The highest BCUT2D eigenvalue weighted by Crippen LogP contribution is 2.31. The molecule has 0 radical (unpaired) electrons. The van der Waals surface area contributed by atoms with Crippen molar-refractivity contribution >= 4 is 11.6 Å². The van der Waals surface area contributed by atoms with Crippen molar-refractivity contribution in [1.82, 2.24) is 5.01 Å². The van der Waals surface area contributed by atoms with Crippen LogP contribution >= 0.6 is 0 Å². The highest BCUT2D eigenvalue weighted by molar-refractivity contribution is 6.11. The lowest BCUT2D eigenvalue weighted by molar-refractivity contribution is -0.402. The Morgan fingerprint density at radius 2 is 2.43 bits per heavy atom. The van der Waals surface area contributed by atoms with Crippen LogP contribution in [0.25, 0.3) is 0 Å². The second-order valence-electron chi connectivity index (χ2n) is 4.25. The van der Waals surface area contributed by atoms with Crippen molar-refractivity contribution in [1.29, 1.82) is 5.26 Å². The van der Waals surface area contributed by atoms with E-state index < -0.39 is 16.3 Å². The number of nitrogens with two attached hydrogens (primary N) is 1. The number of nitro groups is 1. The van der Waals surface area contributed by atoms with Gasteiger partial charge >= 0.3 is 5.88 Å². The van der Waals surface area contributed by atoms with Crippen molar-refractivity contribution in [3.8, 4) is 6.07 Å². The van der Waals surface area contributed by atoms with E-state index in [2.05, 4.69) is 5.10 Å². The van der Waals surface area contributed by atoms with Crippen LogP contribution in [-0.4, -0.2) is 34.8 Å². The molecule has 0 saturated carbocycles. The third-order valence-electron chi connectivity index (χ3n) is 2.92. The van der Waals surface area contributed by atoms with Crippen LogP contribution in [0, 0.1) is 21.4 Å². The Balaban J connectivity index is 2.46. The molecule has 0 aliphatic carbocycles. The Bertz CT molecular complexity index is 671. The summed E-state index contributed by atoms with van der Waals surface area (Å²) >= 11 is 0. The van der Waals surface area contributed by atoms with Crippen molar-refractivity contribution in [2.45, 2.75) is 12.5 Å². The smallest absolute Gasteiger partial charge is 0.433 e. The summed E-state index contributed by atoms with van der Waals surface area (Å²) in [6, 6.07) is 4.48. The van der Waals surface area contributed by atoms with Crippen molar-refractivity contribution in [2.24, 2.45) is 10.8 Å². The quantitative estimate of drug-likeness (QED) is 0.496. The first-order valence-electron chi connectivity index (χ1n) is 6.03. The second-order valence-corrected chi connectivity index (χ2v) is 4.25. The maximum atomic E-state index is 10.7. The normalized spacial score (nSPS) is 23.0. The van der Waals surface area contributed by atoms with Crippen LogP contribution in [0.15, 0.2) is 33.6 Å². The minimum Gasteiger partial charge on any atom is -0.499 e. The van der Waals surface area contributed by atoms with Gasteiger partial charge in [-0.2, -0.15) is 10.4 Å². The zero-order valence-corrected chi connectivity index (χ0v) is 11.4. The first-order valence-corrected chi connectivity index (χ1v) is 6.03. The second kappa shape index (κ2) is 5.26. The molecule has 0 spiro atoms. The number of ether oxygens (including phenoxy) is 1. The minimum atomic E-state index is -1.60. The van der Waals surface area contributed by atoms with Crippen LogP contribution in [0.1, 0.15) is 12.7 Å². The van der Waals surface area contributed by atoms with E-state index in [4.69, 9.17) is 14.9 Å². The van der Waals surface area contributed by atoms with Gasteiger partial charge in [0.1, 0.15) is 22.6 Å². The molecule has 9 heteroatoms. The Morgan fingerprint density at radius 1 is 1.71 bits per heavy atom. The summed E-state index contributed by atoms with van der Waals surface area (Å²) in [5.41, 5.74) is 4.89. The molecular formula is C12H13N5O4. The number of rotatable bonds is 4. The van der Waals surface area contributed by atoms with Gasteiger partial charge in [-0.05, 0) is 13.0 Å². The average Bonchev–Trinajstić information content (AvgIpc) is 3.02. The zero-order valence-electron chi connectivity index (χ0n) is 11.4. The first kappa shape index (κ1) is 14.5. The average molecular weight is 291 g/mol. The van der Waals surface area contributed by atoms with E-state index in [0.717, 1.165) is 0 Å². The summed E-state index contributed by atoms with van der Waals surface area (Å²) in [6.45, 7) is 2.19. The zero-order chi connectivity index (χ0) is 15.6. The Labute approximate surface area is 120 Å². The van der Waals surface area contributed by atoms with Gasteiger partial charge in [-0.25, -0.2) is 0 Å². The maximum Gasteiger partial charge on any atom is 0.433 e. The summed E-state index contributed by atoms with van der Waals surface area (Å²) in [5.74, 6) is -0.379. The molecule has 2 N–H and O–H groups in total. The lowest BCUT2D eigenvalue weighted by Gasteiger charge is -2.19. The number of nitrogens with zero attached hydrogens (tertiary/aromatic N) is 4. The molecule has 9 nitrogen and oxygen atoms in total. The molecule has 1 aromatic heterocycles. The van der Waals surface area contributed by atoms with E-state index in [1.165, 1.54) is 23.4 Å². The summed E-state index contributed by atoms with van der Waals surface area (Å²) in [4.78, 5) is 9.99. The van der Waals surface area contributed by atoms with E-state index in [9.17, 15) is 15.4 Å². The molecule has 0 saturated heterocycles. The van der Waals surface area contributed by atoms with Gasteiger partial charge in [0.2, 0.25) is 0 Å². The van der Waals surface area contributed by atoms with Gasteiger partial charge in [-0.15, -0.1) is 0 Å². The fourth-order valence-corrected chi connectivity index (χ4v) is 1.90. The molecule has 1 aliphatic rings. The topological polar surface area (TPSA) is 131 Å². The third-order valence-corrected chi connectivity index (χ3v) is 2.92. The van der Waals surface area contributed by atoms with Gasteiger partial charge in [-0.1, -0.05) is 0 Å². The highest BCUT2D eigenvalue weighted by Gasteiger charge is 2.46. The lowest BCUT2D eigenvalue weighted by atomic mass is 9.92. The maximum absolute atomic E-state index is 10.7. The summed E-state index contributed by atoms with van der Waals surface area (Å²) in [6.07, 6.45) is 1.34. The Morgan fingerprint density at radius 3 is 2.95 bits per heavy atom. The molecule has 1 aromatic rings. The van der Waals surface area contributed by atoms with E-state index in [-0.39, 0.29) is 11.5 Å². The number of hydrazone groups is 1. The molecule has 1 unspecified atom stereocenters. The molecule has 21 heavy (non-hydrogen) atoms. The summed E-state index contributed by atoms with van der Waals surface area (Å²) in [5, 5.41) is 25.6. The Hall–Kier alpha value is -2.86. The van der Waals surface area contributed by atoms with E-state index in [1.54, 1.807) is 14.0 Å². The van der Waals surface area contributed by atoms with Crippen molar-refractivity contribution in [3.05, 3.63) is 40.0 Å². The molecule has 2 rings (SSSR count). The molecule has 0 fully saturated rings. The van der Waals surface area contributed by atoms with Crippen LogP contribution in [0.3, 0.4) is 0 Å². The molecule has 0 bridgehead atoms. The molecular weight excluding hydrogens is 278 g/mol. The molecule has 1 atom stereocenters. The third kappa shape index (κ3) is 2.32. The lowest BCUT2D eigenvalue weighted by Crippen LogP contribution is -2.47. The fraction of sp³-hybridized carbons (Fsp3) is 0.333. The van der Waals surface area contributed by atoms with Crippen LogP contribution in [0.4, 0.5) is 5.88 Å². The first-order chi connectivity index (χ1) is 9.93. The predicted octanol–water partition coefficient (Wildman–Crippen LogP) is 0.936. The van der Waals surface area contributed by atoms with Gasteiger partial charge in [0.15, 0.2) is 11.3 Å². The van der Waals surface area contributed by atoms with Crippen LogP contribution in [0.2, 0.25) is 0 Å². The van der Waals surface area contributed by atoms with Crippen LogP contribution in [-0.2, 0) is 4.74 Å². The van der Waals surface area contributed by atoms with Crippen molar-refractivity contribution in [3.63, 3.8) is 0 Å². The number of hydrogen-bond donors (Lipinski definition) is 1. The van der Waals surface area contributed by atoms with E-state index >= 15 is 0 Å². The van der Waals surface area contributed by atoms with Gasteiger partial charge in [-0.3, -0.25) is 15.1 Å². The minimum absolute atomic E-state index is 0.0671. The largest absolute Gasteiger partial charge is 0.499 e. The number of nitriles is 1. The molecule has 0 aromatic carbocycles. The van der Waals surface area contributed by atoms with Gasteiger partial charge < -0.3 is 14.9 Å². The van der Waals surface area contributed by atoms with Crippen molar-refractivity contribution in [2.75, 3.05) is 13.7 Å². The van der Waals surface area contributed by atoms with Crippen LogP contribution < -0.4 is 5.73 Å². The van der Waals surface area contributed by atoms with Gasteiger partial charge in [0, 0.05) is 7.05 Å². The van der Waals surface area contributed by atoms with Crippen LogP contribution in [0.5, 0.6) is 0 Å². The predicted molar refractivity (Wildman–Crippen MR) is 71.9 cm³/mol. The number of hydrogen-bond acceptors (Lipinski definition) is 8. The van der Waals surface area contributed by atoms with Gasteiger partial charge in [0.05, 0.1) is 18.7 Å². The molecule has 0 amide bonds. The highest BCUT2D eigenvalue weighted by atomic mass is 16.6. The van der Waals surface area contributed by atoms with E-state index in [0.29, 0.717) is 12.3 Å². The summed E-state index contributed by atoms with van der Waals surface area (Å²) < 4.78 is 10.2. The SMILES string of the molecule is CCOC=C1N(C)N=C(c2ccc([N+](=O)[O-])o2)C1(N)C#N. The molecule has 2 heterocycles. The standard InChI is InChI=1S/C12H13N5O4/c1-3-20-6-9-12(14,7-13)11(15-16(9)2)8-4-5-10(21-8)17(18)19/h4-6H,3,14H2,1-2H3. The molecule has 1 aliphatic heterocycles. The van der Waals surface area contributed by atoms with E-state index in [1.807, 2.05) is 6.07 Å². The number of furan rings is 1. The van der Waals surface area contributed by atoms with Gasteiger partial charge in [0.25, 0.3) is 0 Å². The number of likely N-dealkylation sites (N-methyl/N-ethyl adjacent to an activating group) is 1.